The number of anilines is 1. The van der Waals surface area contributed by atoms with Crippen molar-refractivity contribution in [2.45, 2.75) is 77.2 Å². The SMILES string of the molecule is CCCN(CCC1CCC(CC(=O)c2cn(C)c3ccccc23)CC1)[C@H]1CCc2nc(N)sc2C1. The summed E-state index contributed by atoms with van der Waals surface area (Å²) in [7, 11) is 2.03. The third-order valence-corrected chi connectivity index (χ3v) is 9.37. The average Bonchev–Trinajstić information content (AvgIpc) is 3.41. The Hall–Kier alpha value is -2.18. The van der Waals surface area contributed by atoms with Crippen molar-refractivity contribution < 1.29 is 4.79 Å². The number of nitrogens with two attached hydrogens (primary N) is 1. The van der Waals surface area contributed by atoms with E-state index in [2.05, 4.69) is 33.5 Å². The molecule has 5 nitrogen and oxygen atoms in total. The molecule has 1 aromatic carbocycles. The van der Waals surface area contributed by atoms with E-state index in [4.69, 9.17) is 5.73 Å². The van der Waals surface area contributed by atoms with E-state index in [1.54, 1.807) is 11.3 Å². The molecule has 35 heavy (non-hydrogen) atoms. The van der Waals surface area contributed by atoms with Crippen molar-refractivity contribution in [3.05, 3.63) is 46.6 Å². The lowest BCUT2D eigenvalue weighted by Crippen LogP contribution is -2.41. The molecule has 0 unspecified atom stereocenters. The van der Waals surface area contributed by atoms with Crippen LogP contribution in [0.25, 0.3) is 10.9 Å². The van der Waals surface area contributed by atoms with Crippen molar-refractivity contribution in [2.24, 2.45) is 18.9 Å². The third-order valence-electron chi connectivity index (χ3n) is 8.42. The van der Waals surface area contributed by atoms with Crippen LogP contribution >= 0.6 is 11.3 Å². The fourth-order valence-electron chi connectivity index (χ4n) is 6.46. The van der Waals surface area contributed by atoms with E-state index in [1.807, 2.05) is 25.4 Å². The number of benzene rings is 1. The molecule has 1 fully saturated rings. The lowest BCUT2D eigenvalue weighted by Gasteiger charge is -2.36. The molecule has 188 valence electrons. The zero-order valence-electron chi connectivity index (χ0n) is 21.3. The van der Waals surface area contributed by atoms with Crippen molar-refractivity contribution in [1.82, 2.24) is 14.5 Å². The zero-order valence-corrected chi connectivity index (χ0v) is 22.2. The number of carbonyl (C=O) groups is 1. The second kappa shape index (κ2) is 10.8. The van der Waals surface area contributed by atoms with E-state index in [1.165, 1.54) is 68.6 Å². The van der Waals surface area contributed by atoms with Gasteiger partial charge in [-0.3, -0.25) is 4.79 Å². The van der Waals surface area contributed by atoms with Crippen LogP contribution < -0.4 is 5.73 Å². The van der Waals surface area contributed by atoms with Gasteiger partial charge in [-0.25, -0.2) is 4.98 Å². The van der Waals surface area contributed by atoms with Gasteiger partial charge < -0.3 is 15.2 Å². The first-order valence-corrected chi connectivity index (χ1v) is 14.4. The molecule has 1 atom stereocenters. The minimum atomic E-state index is 0.319. The molecule has 6 heteroatoms. The van der Waals surface area contributed by atoms with Gasteiger partial charge >= 0.3 is 0 Å². The van der Waals surface area contributed by atoms with Gasteiger partial charge in [0.2, 0.25) is 0 Å². The van der Waals surface area contributed by atoms with Crippen LogP contribution in [0.2, 0.25) is 0 Å². The monoisotopic (exact) mass is 492 g/mol. The minimum absolute atomic E-state index is 0.319. The first-order chi connectivity index (χ1) is 17.0. The fourth-order valence-corrected chi connectivity index (χ4v) is 7.41. The van der Waals surface area contributed by atoms with Gasteiger partial charge in [0.25, 0.3) is 0 Å². The first-order valence-electron chi connectivity index (χ1n) is 13.6. The van der Waals surface area contributed by atoms with Crippen LogP contribution in [0.5, 0.6) is 0 Å². The number of ketones is 1. The number of fused-ring (bicyclic) bond motifs is 2. The highest BCUT2D eigenvalue weighted by molar-refractivity contribution is 7.15. The number of carbonyl (C=O) groups excluding carboxylic acids is 1. The Kier molecular flexibility index (Phi) is 7.59. The number of aromatic nitrogens is 2. The molecule has 2 aromatic heterocycles. The van der Waals surface area contributed by atoms with E-state index >= 15 is 0 Å². The summed E-state index contributed by atoms with van der Waals surface area (Å²) in [6.45, 7) is 4.68. The molecule has 2 aliphatic rings. The Balaban J connectivity index is 1.11. The molecule has 2 N–H and O–H groups in total. The molecular formula is C29H40N4OS. The average molecular weight is 493 g/mol. The van der Waals surface area contributed by atoms with Crippen LogP contribution in [0.4, 0.5) is 5.13 Å². The van der Waals surface area contributed by atoms with Crippen LogP contribution in [0.3, 0.4) is 0 Å². The molecule has 0 aliphatic heterocycles. The lowest BCUT2D eigenvalue weighted by molar-refractivity contribution is 0.0939. The first kappa shape index (κ1) is 24.5. The van der Waals surface area contributed by atoms with E-state index in [9.17, 15) is 4.79 Å². The van der Waals surface area contributed by atoms with E-state index in [-0.39, 0.29) is 0 Å². The maximum Gasteiger partial charge on any atom is 0.180 e. The highest BCUT2D eigenvalue weighted by Gasteiger charge is 2.28. The number of rotatable bonds is 9. The summed E-state index contributed by atoms with van der Waals surface area (Å²) in [6, 6.07) is 8.89. The van der Waals surface area contributed by atoms with Gasteiger partial charge in [-0.05, 0) is 75.9 Å². The lowest BCUT2D eigenvalue weighted by atomic mass is 9.78. The number of nitrogens with zero attached hydrogens (tertiary/aromatic N) is 3. The number of hydrogen-bond acceptors (Lipinski definition) is 5. The normalized spacial score (nSPS) is 22.5. The predicted octanol–water partition coefficient (Wildman–Crippen LogP) is 6.26. The molecule has 2 heterocycles. The van der Waals surface area contributed by atoms with E-state index < -0.39 is 0 Å². The fraction of sp³-hybridized carbons (Fsp3) is 0.586. The van der Waals surface area contributed by atoms with Crippen molar-refractivity contribution in [1.29, 1.82) is 0 Å². The third kappa shape index (κ3) is 5.49. The van der Waals surface area contributed by atoms with Crippen molar-refractivity contribution in [3.63, 3.8) is 0 Å². The second-order valence-corrected chi connectivity index (χ2v) is 11.9. The molecule has 0 bridgehead atoms. The Morgan fingerprint density at radius 3 is 2.71 bits per heavy atom. The number of nitrogen functional groups attached to an aromatic ring is 1. The molecule has 1 saturated carbocycles. The van der Waals surface area contributed by atoms with Crippen LogP contribution in [0, 0.1) is 11.8 Å². The molecule has 0 spiro atoms. The summed E-state index contributed by atoms with van der Waals surface area (Å²) < 4.78 is 2.08. The summed E-state index contributed by atoms with van der Waals surface area (Å²) in [5, 5.41) is 1.83. The quantitative estimate of drug-likeness (QED) is 0.358. The molecule has 3 aromatic rings. The second-order valence-electron chi connectivity index (χ2n) is 10.8. The van der Waals surface area contributed by atoms with Gasteiger partial charge in [-0.15, -0.1) is 11.3 Å². The number of para-hydroxylation sites is 1. The highest BCUT2D eigenvalue weighted by atomic mass is 32.1. The van der Waals surface area contributed by atoms with Crippen molar-refractivity contribution in [2.75, 3.05) is 18.8 Å². The topological polar surface area (TPSA) is 64.2 Å². The van der Waals surface area contributed by atoms with E-state index in [0.717, 1.165) is 40.4 Å². The van der Waals surface area contributed by atoms with E-state index in [0.29, 0.717) is 24.2 Å². The van der Waals surface area contributed by atoms with Crippen LogP contribution in [-0.4, -0.2) is 39.4 Å². The smallest absolute Gasteiger partial charge is 0.180 e. The van der Waals surface area contributed by atoms with Gasteiger partial charge in [-0.1, -0.05) is 38.0 Å². The number of Topliss-reactive ketones (excluding diaryl/α,β-unsaturated/α-hetero) is 1. The van der Waals surface area contributed by atoms with Crippen molar-refractivity contribution in [3.8, 4) is 0 Å². The summed E-state index contributed by atoms with van der Waals surface area (Å²) in [4.78, 5) is 21.8. The predicted molar refractivity (Wildman–Crippen MR) is 146 cm³/mol. The van der Waals surface area contributed by atoms with Gasteiger partial charge in [0.15, 0.2) is 10.9 Å². The van der Waals surface area contributed by atoms with Gasteiger partial charge in [0.05, 0.1) is 5.69 Å². The number of aryl methyl sites for hydroxylation is 2. The Bertz CT molecular complexity index is 1160. The zero-order chi connectivity index (χ0) is 24.4. The Morgan fingerprint density at radius 1 is 1.14 bits per heavy atom. The van der Waals surface area contributed by atoms with Crippen LogP contribution in [0.15, 0.2) is 30.5 Å². The summed E-state index contributed by atoms with van der Waals surface area (Å²) >= 11 is 1.69. The van der Waals surface area contributed by atoms with Crippen LogP contribution in [-0.2, 0) is 19.9 Å². The molecular weight excluding hydrogens is 452 g/mol. The molecule has 5 rings (SSSR count). The standard InChI is InChI=1S/C29H40N4OS/c1-3-15-33(22-12-13-25-28(18-22)35-29(30)31-25)16-14-20-8-10-21(11-9-20)17-27(34)24-19-32(2)26-7-5-4-6-23(24)26/h4-7,19-22H,3,8-18H2,1-2H3,(H2,30,31)/t20?,21?,22-/m0/s1. The summed E-state index contributed by atoms with van der Waals surface area (Å²) in [5.41, 5.74) is 9.26. The molecule has 0 radical (unpaired) electrons. The summed E-state index contributed by atoms with van der Waals surface area (Å²) in [6.07, 6.45) is 13.6. The maximum absolute atomic E-state index is 13.1. The molecule has 2 aliphatic carbocycles. The highest BCUT2D eigenvalue weighted by Crippen LogP contribution is 2.35. The van der Waals surface area contributed by atoms with Gasteiger partial charge in [-0.2, -0.15) is 0 Å². The van der Waals surface area contributed by atoms with Crippen LogP contribution in [0.1, 0.15) is 79.2 Å². The van der Waals surface area contributed by atoms with Gasteiger partial charge in [0, 0.05) is 47.1 Å². The van der Waals surface area contributed by atoms with Gasteiger partial charge in [0.1, 0.15) is 0 Å². The molecule has 0 amide bonds. The van der Waals surface area contributed by atoms with Crippen molar-refractivity contribution >= 4 is 33.2 Å². The molecule has 0 saturated heterocycles. The maximum atomic E-state index is 13.1. The number of hydrogen-bond donors (Lipinski definition) is 1. The Morgan fingerprint density at radius 2 is 1.91 bits per heavy atom. The summed E-state index contributed by atoms with van der Waals surface area (Å²) in [5.74, 6) is 1.66. The number of thiazole rings is 1. The Labute approximate surface area is 213 Å². The minimum Gasteiger partial charge on any atom is -0.375 e. The largest absolute Gasteiger partial charge is 0.375 e.